The van der Waals surface area contributed by atoms with Crippen LogP contribution >= 0.6 is 0 Å². The molecule has 102 valence electrons. The van der Waals surface area contributed by atoms with Crippen LogP contribution in [0.1, 0.15) is 21.6 Å². The van der Waals surface area contributed by atoms with Gasteiger partial charge in [0, 0.05) is 24.5 Å². The number of carbonyl (C=O) groups excluding carboxylic acids is 1. The molecular formula is C15H16N4O. The van der Waals surface area contributed by atoms with Crippen molar-refractivity contribution in [2.45, 2.75) is 6.92 Å². The van der Waals surface area contributed by atoms with Gasteiger partial charge in [0.05, 0.1) is 6.54 Å². The molecule has 0 saturated heterocycles. The fourth-order valence-electron chi connectivity index (χ4n) is 1.71. The second-order valence-electron chi connectivity index (χ2n) is 4.36. The Balaban J connectivity index is 2.22. The van der Waals surface area contributed by atoms with Crippen molar-refractivity contribution in [2.24, 2.45) is 12.8 Å². The van der Waals surface area contributed by atoms with Gasteiger partial charge in [0.1, 0.15) is 0 Å². The van der Waals surface area contributed by atoms with Gasteiger partial charge in [-0.1, -0.05) is 17.9 Å². The predicted molar refractivity (Wildman–Crippen MR) is 78.3 cm³/mol. The second kappa shape index (κ2) is 6.04. The fourth-order valence-corrected chi connectivity index (χ4v) is 1.71. The van der Waals surface area contributed by atoms with E-state index in [4.69, 9.17) is 5.73 Å². The van der Waals surface area contributed by atoms with Gasteiger partial charge in [-0.25, -0.2) is 0 Å². The topological polar surface area (TPSA) is 72.9 Å². The summed E-state index contributed by atoms with van der Waals surface area (Å²) in [4.78, 5) is 12.1. The Labute approximate surface area is 117 Å². The smallest absolute Gasteiger partial charge is 0.276 e. The van der Waals surface area contributed by atoms with Crippen LogP contribution in [0, 0.1) is 18.8 Å². The molecule has 0 bridgehead atoms. The van der Waals surface area contributed by atoms with Crippen LogP contribution in [0.4, 0.5) is 5.69 Å². The molecule has 2 aromatic rings. The van der Waals surface area contributed by atoms with Crippen LogP contribution in [0.25, 0.3) is 0 Å². The van der Waals surface area contributed by atoms with Crippen LogP contribution in [0.15, 0.2) is 30.5 Å². The third kappa shape index (κ3) is 3.25. The Morgan fingerprint density at radius 3 is 2.90 bits per heavy atom. The number of rotatable bonds is 2. The largest absolute Gasteiger partial charge is 0.320 e. The van der Waals surface area contributed by atoms with Crippen molar-refractivity contribution in [3.05, 3.63) is 47.3 Å². The molecule has 0 spiro atoms. The van der Waals surface area contributed by atoms with Crippen molar-refractivity contribution in [3.8, 4) is 11.8 Å². The maximum Gasteiger partial charge on any atom is 0.276 e. The van der Waals surface area contributed by atoms with Crippen molar-refractivity contribution >= 4 is 11.6 Å². The number of aryl methyl sites for hydroxylation is 2. The van der Waals surface area contributed by atoms with Gasteiger partial charge in [-0.05, 0) is 30.7 Å². The summed E-state index contributed by atoms with van der Waals surface area (Å²) in [6.45, 7) is 2.23. The number of benzene rings is 1. The predicted octanol–water partition coefficient (Wildman–Crippen LogP) is 1.29. The van der Waals surface area contributed by atoms with Crippen molar-refractivity contribution in [3.63, 3.8) is 0 Å². The molecule has 20 heavy (non-hydrogen) atoms. The quantitative estimate of drug-likeness (QED) is 0.806. The van der Waals surface area contributed by atoms with E-state index >= 15 is 0 Å². The lowest BCUT2D eigenvalue weighted by Crippen LogP contribution is -2.14. The van der Waals surface area contributed by atoms with Crippen LogP contribution in [-0.4, -0.2) is 22.2 Å². The molecule has 3 N–H and O–H groups in total. The van der Waals surface area contributed by atoms with Crippen LogP contribution in [0.3, 0.4) is 0 Å². The molecule has 0 aliphatic carbocycles. The van der Waals surface area contributed by atoms with E-state index in [1.807, 2.05) is 25.1 Å². The lowest BCUT2D eigenvalue weighted by Gasteiger charge is -2.07. The van der Waals surface area contributed by atoms with E-state index in [9.17, 15) is 4.79 Å². The normalized spacial score (nSPS) is 9.75. The third-order valence-corrected chi connectivity index (χ3v) is 2.77. The molecule has 0 aliphatic rings. The second-order valence-corrected chi connectivity index (χ2v) is 4.36. The monoisotopic (exact) mass is 268 g/mol. The highest BCUT2D eigenvalue weighted by molar-refractivity contribution is 6.03. The Morgan fingerprint density at radius 1 is 1.45 bits per heavy atom. The average Bonchev–Trinajstić information content (AvgIpc) is 2.86. The van der Waals surface area contributed by atoms with Crippen LogP contribution in [-0.2, 0) is 7.05 Å². The summed E-state index contributed by atoms with van der Waals surface area (Å²) in [6, 6.07) is 7.31. The van der Waals surface area contributed by atoms with Crippen molar-refractivity contribution in [1.29, 1.82) is 0 Å². The minimum Gasteiger partial charge on any atom is -0.320 e. The standard InChI is InChI=1S/C15H16N4O/c1-11-5-6-12(4-3-8-16)10-14(11)17-15(20)13-7-9-19(2)18-13/h5-7,9-10H,8,16H2,1-2H3,(H,17,20). The molecule has 0 radical (unpaired) electrons. The molecule has 1 amide bonds. The van der Waals surface area contributed by atoms with Crippen LogP contribution < -0.4 is 11.1 Å². The zero-order valence-corrected chi connectivity index (χ0v) is 11.5. The maximum absolute atomic E-state index is 12.1. The summed E-state index contributed by atoms with van der Waals surface area (Å²) in [5, 5.41) is 6.91. The van der Waals surface area contributed by atoms with Gasteiger partial charge < -0.3 is 11.1 Å². The van der Waals surface area contributed by atoms with Gasteiger partial charge >= 0.3 is 0 Å². The Hall–Kier alpha value is -2.58. The van der Waals surface area contributed by atoms with E-state index in [0.717, 1.165) is 16.8 Å². The number of hydrogen-bond donors (Lipinski definition) is 2. The molecule has 0 atom stereocenters. The van der Waals surface area contributed by atoms with Crippen molar-refractivity contribution in [1.82, 2.24) is 9.78 Å². The lowest BCUT2D eigenvalue weighted by atomic mass is 10.1. The summed E-state index contributed by atoms with van der Waals surface area (Å²) < 4.78 is 1.59. The molecule has 0 unspecified atom stereocenters. The van der Waals surface area contributed by atoms with Gasteiger partial charge in [-0.2, -0.15) is 5.10 Å². The van der Waals surface area contributed by atoms with E-state index in [-0.39, 0.29) is 5.91 Å². The summed E-state index contributed by atoms with van der Waals surface area (Å²) in [7, 11) is 1.77. The highest BCUT2D eigenvalue weighted by Crippen LogP contribution is 2.17. The lowest BCUT2D eigenvalue weighted by molar-refractivity contribution is 0.102. The first kappa shape index (κ1) is 13.8. The first-order valence-electron chi connectivity index (χ1n) is 6.20. The maximum atomic E-state index is 12.1. The molecule has 5 heteroatoms. The van der Waals surface area contributed by atoms with Crippen molar-refractivity contribution < 1.29 is 4.79 Å². The summed E-state index contributed by atoms with van der Waals surface area (Å²) in [5.74, 6) is 5.49. The number of carbonyl (C=O) groups is 1. The number of hydrogen-bond acceptors (Lipinski definition) is 3. The zero-order chi connectivity index (χ0) is 14.5. The number of nitrogens with two attached hydrogens (primary N) is 1. The van der Waals surface area contributed by atoms with Crippen molar-refractivity contribution in [2.75, 3.05) is 11.9 Å². The Kier molecular flexibility index (Phi) is 4.18. The number of aromatic nitrogens is 2. The molecule has 0 saturated carbocycles. The van der Waals surface area contributed by atoms with E-state index in [0.29, 0.717) is 12.2 Å². The minimum atomic E-state index is -0.238. The molecular weight excluding hydrogens is 252 g/mol. The summed E-state index contributed by atoms with van der Waals surface area (Å²) in [5.41, 5.74) is 8.24. The van der Waals surface area contributed by atoms with Gasteiger partial charge in [-0.3, -0.25) is 9.48 Å². The Morgan fingerprint density at radius 2 is 2.25 bits per heavy atom. The molecule has 2 rings (SSSR count). The van der Waals surface area contributed by atoms with Crippen LogP contribution in [0.2, 0.25) is 0 Å². The van der Waals surface area contributed by atoms with E-state index < -0.39 is 0 Å². The molecule has 5 nitrogen and oxygen atoms in total. The van der Waals surface area contributed by atoms with E-state index in [1.54, 1.807) is 24.0 Å². The summed E-state index contributed by atoms with van der Waals surface area (Å²) in [6.07, 6.45) is 1.73. The number of nitrogens with one attached hydrogen (secondary N) is 1. The molecule has 1 aromatic heterocycles. The number of nitrogens with zero attached hydrogens (tertiary/aromatic N) is 2. The highest BCUT2D eigenvalue weighted by atomic mass is 16.1. The fraction of sp³-hybridized carbons (Fsp3) is 0.200. The summed E-state index contributed by atoms with van der Waals surface area (Å²) >= 11 is 0. The van der Waals surface area contributed by atoms with Gasteiger partial charge in [0.2, 0.25) is 0 Å². The minimum absolute atomic E-state index is 0.238. The number of amides is 1. The van der Waals surface area contributed by atoms with Gasteiger partial charge in [0.15, 0.2) is 5.69 Å². The zero-order valence-electron chi connectivity index (χ0n) is 11.5. The Bertz CT molecular complexity index is 691. The molecule has 1 heterocycles. The number of anilines is 1. The first-order chi connectivity index (χ1) is 9.60. The first-order valence-corrected chi connectivity index (χ1v) is 6.20. The molecule has 0 fully saturated rings. The molecule has 1 aromatic carbocycles. The van der Waals surface area contributed by atoms with Gasteiger partial charge in [-0.15, -0.1) is 0 Å². The SMILES string of the molecule is Cc1ccc(C#CCN)cc1NC(=O)c1ccn(C)n1. The average molecular weight is 268 g/mol. The third-order valence-electron chi connectivity index (χ3n) is 2.77. The highest BCUT2D eigenvalue weighted by Gasteiger charge is 2.10. The van der Waals surface area contributed by atoms with E-state index in [2.05, 4.69) is 22.3 Å². The molecule has 0 aliphatic heterocycles. The van der Waals surface area contributed by atoms with Gasteiger partial charge in [0.25, 0.3) is 5.91 Å². The van der Waals surface area contributed by atoms with E-state index in [1.165, 1.54) is 0 Å². The van der Waals surface area contributed by atoms with Crippen LogP contribution in [0.5, 0.6) is 0 Å².